The molecule has 15 rings (SSSR count). The van der Waals surface area contributed by atoms with Crippen molar-refractivity contribution < 1.29 is 8.83 Å². The molecule has 0 spiro atoms. The smallest absolute Gasteiger partial charge is 0.220 e. The minimum Gasteiger partial charge on any atom is -0.454 e. The first-order valence-electron chi connectivity index (χ1n) is 23.3. The Balaban J connectivity index is 1.26. The van der Waals surface area contributed by atoms with Crippen LogP contribution in [0.5, 0.6) is 0 Å². The standard InChI is InChI=1S/C63H34N4O2S/c1-35-25-26-40-46-30-27-42-38-19-9-12-22-49(38)66(57(42)61(46)69-51(40)33-35)56-48(34-64)53(36-15-5-3-6-16-36)55(65-2)60(54(56)37-17-7-4-8-18-37)67-58-43(28-31-45-39-20-10-13-23-50(39)68-62(45)58)44-29-32-47-41-21-11-14-24-52(41)70-63(47)59(44)67/h3-33H,1H3. The molecule has 0 atom stereocenters. The van der Waals surface area contributed by atoms with E-state index in [1.807, 2.05) is 66.7 Å². The predicted octanol–water partition coefficient (Wildman–Crippen LogP) is 18.1. The molecule has 6 nitrogen and oxygen atoms in total. The first-order chi connectivity index (χ1) is 34.6. The largest absolute Gasteiger partial charge is 0.454 e. The summed E-state index contributed by atoms with van der Waals surface area (Å²) in [5, 5.41) is 22.4. The maximum Gasteiger partial charge on any atom is 0.220 e. The third-order valence-corrected chi connectivity index (χ3v) is 15.6. The number of furan rings is 2. The Bertz CT molecular complexity index is 4730. The molecule has 0 unspecified atom stereocenters. The summed E-state index contributed by atoms with van der Waals surface area (Å²) in [6.07, 6.45) is 0. The summed E-state index contributed by atoms with van der Waals surface area (Å²) in [7, 11) is 0. The van der Waals surface area contributed by atoms with Crippen molar-refractivity contribution in [3.63, 3.8) is 0 Å². The SMILES string of the molecule is [C-]#[N+]c1c(-c2ccccc2)c(C#N)c(-n2c3ccccc3c3ccc4c5ccc(C)cc5oc4c32)c(-c2ccccc2)c1-n1c2c(ccc3c4ccccc4oc32)c2ccc3c4ccccc4sc3c21. The lowest BCUT2D eigenvalue weighted by atomic mass is 9.88. The zero-order valence-corrected chi connectivity index (χ0v) is 38.2. The van der Waals surface area contributed by atoms with Crippen molar-refractivity contribution in [2.75, 3.05) is 0 Å². The highest BCUT2D eigenvalue weighted by Gasteiger charge is 2.34. The van der Waals surface area contributed by atoms with Crippen LogP contribution < -0.4 is 0 Å². The Kier molecular flexibility index (Phi) is 7.91. The van der Waals surface area contributed by atoms with Crippen LogP contribution in [0.25, 0.3) is 146 Å². The number of para-hydroxylation sites is 2. The van der Waals surface area contributed by atoms with Gasteiger partial charge < -0.3 is 18.0 Å². The number of aromatic nitrogens is 2. The lowest BCUT2D eigenvalue weighted by Gasteiger charge is -2.25. The molecule has 0 aliphatic carbocycles. The van der Waals surface area contributed by atoms with Crippen molar-refractivity contribution in [2.24, 2.45) is 0 Å². The molecule has 5 aromatic heterocycles. The van der Waals surface area contributed by atoms with E-state index in [1.54, 1.807) is 11.3 Å². The molecule has 324 valence electrons. The number of hydrogen-bond acceptors (Lipinski definition) is 4. The van der Waals surface area contributed by atoms with E-state index in [9.17, 15) is 11.8 Å². The minimum atomic E-state index is 0.362. The fourth-order valence-corrected chi connectivity index (χ4v) is 12.8. The van der Waals surface area contributed by atoms with Gasteiger partial charge in [-0.2, -0.15) is 5.26 Å². The Hall–Kier alpha value is -9.40. The lowest BCUT2D eigenvalue weighted by Crippen LogP contribution is -2.09. The predicted molar refractivity (Wildman–Crippen MR) is 289 cm³/mol. The van der Waals surface area contributed by atoms with E-state index in [1.165, 1.54) is 10.1 Å². The van der Waals surface area contributed by atoms with Crippen molar-refractivity contribution in [3.8, 4) is 39.7 Å². The van der Waals surface area contributed by atoms with Crippen molar-refractivity contribution in [2.45, 2.75) is 6.92 Å². The maximum absolute atomic E-state index is 12.1. The van der Waals surface area contributed by atoms with Gasteiger partial charge in [-0.05, 0) is 60.0 Å². The second-order valence-corrected chi connectivity index (χ2v) is 19.2. The molecule has 15 aromatic rings. The molecule has 5 heterocycles. The fourth-order valence-electron chi connectivity index (χ4n) is 11.5. The molecule has 0 amide bonds. The number of aryl methyl sites for hydroxylation is 1. The van der Waals surface area contributed by atoms with Gasteiger partial charge in [0.1, 0.15) is 17.2 Å². The number of fused-ring (bicyclic) bond motifs is 18. The van der Waals surface area contributed by atoms with Gasteiger partial charge in [0.15, 0.2) is 11.2 Å². The summed E-state index contributed by atoms with van der Waals surface area (Å²) >= 11 is 1.76. The van der Waals surface area contributed by atoms with Gasteiger partial charge >= 0.3 is 0 Å². The van der Waals surface area contributed by atoms with Crippen LogP contribution in [0.2, 0.25) is 0 Å². The Labute approximate surface area is 403 Å². The molecule has 70 heavy (non-hydrogen) atoms. The Morgan fingerprint density at radius 2 is 1.03 bits per heavy atom. The quantitative estimate of drug-likeness (QED) is 0.165. The Morgan fingerprint density at radius 1 is 0.486 bits per heavy atom. The second-order valence-electron chi connectivity index (χ2n) is 18.1. The minimum absolute atomic E-state index is 0.362. The summed E-state index contributed by atoms with van der Waals surface area (Å²) in [5.41, 5.74) is 12.7. The van der Waals surface area contributed by atoms with Gasteiger partial charge in [-0.1, -0.05) is 152 Å². The van der Waals surface area contributed by atoms with Crippen LogP contribution in [-0.2, 0) is 0 Å². The average Bonchev–Trinajstić information content (AvgIpc) is 4.23. The van der Waals surface area contributed by atoms with E-state index >= 15 is 0 Å². The van der Waals surface area contributed by atoms with Gasteiger partial charge in [-0.25, -0.2) is 4.85 Å². The molecule has 0 saturated heterocycles. The van der Waals surface area contributed by atoms with Gasteiger partial charge in [0.25, 0.3) is 0 Å². The molecule has 0 radical (unpaired) electrons. The average molecular weight is 911 g/mol. The summed E-state index contributed by atoms with van der Waals surface area (Å²) in [5.74, 6) is 0. The number of nitrogens with zero attached hydrogens (tertiary/aromatic N) is 4. The van der Waals surface area contributed by atoms with E-state index in [2.05, 4.69) is 148 Å². The third-order valence-electron chi connectivity index (χ3n) is 14.4. The summed E-state index contributed by atoms with van der Waals surface area (Å²) in [4.78, 5) is 4.61. The van der Waals surface area contributed by atoms with Crippen LogP contribution in [0.3, 0.4) is 0 Å². The van der Waals surface area contributed by atoms with Gasteiger partial charge in [0.2, 0.25) is 5.69 Å². The van der Waals surface area contributed by atoms with E-state index in [-0.39, 0.29) is 0 Å². The molecule has 0 aliphatic heterocycles. The molecule has 7 heteroatoms. The van der Waals surface area contributed by atoms with Gasteiger partial charge in [0, 0.05) is 69.7 Å². The van der Waals surface area contributed by atoms with E-state index in [0.717, 1.165) is 120 Å². The number of thiophene rings is 1. The molecule has 0 aliphatic rings. The van der Waals surface area contributed by atoms with Crippen molar-refractivity contribution >= 4 is 125 Å². The fraction of sp³-hybridized carbons (Fsp3) is 0.0159. The number of nitriles is 1. The first-order valence-corrected chi connectivity index (χ1v) is 24.1. The van der Waals surface area contributed by atoms with Crippen molar-refractivity contribution in [1.82, 2.24) is 9.13 Å². The highest BCUT2D eigenvalue weighted by molar-refractivity contribution is 7.26. The molecule has 10 aromatic carbocycles. The molecular weight excluding hydrogens is 877 g/mol. The van der Waals surface area contributed by atoms with Crippen LogP contribution >= 0.6 is 11.3 Å². The number of rotatable bonds is 4. The third kappa shape index (κ3) is 5.08. The number of benzene rings is 10. The molecule has 0 bridgehead atoms. The van der Waals surface area contributed by atoms with Gasteiger partial charge in [-0.3, -0.25) is 0 Å². The Morgan fingerprint density at radius 3 is 1.76 bits per heavy atom. The zero-order chi connectivity index (χ0) is 46.4. The summed E-state index contributed by atoms with van der Waals surface area (Å²) < 4.78 is 20.9. The van der Waals surface area contributed by atoms with Crippen LogP contribution in [0.4, 0.5) is 5.69 Å². The van der Waals surface area contributed by atoms with E-state index < -0.39 is 0 Å². The van der Waals surface area contributed by atoms with Gasteiger partial charge in [0.05, 0.1) is 50.3 Å². The summed E-state index contributed by atoms with van der Waals surface area (Å²) in [6.45, 7) is 11.6. The highest BCUT2D eigenvalue weighted by Crippen LogP contribution is 2.55. The van der Waals surface area contributed by atoms with Gasteiger partial charge in [-0.15, -0.1) is 11.3 Å². The van der Waals surface area contributed by atoms with Crippen LogP contribution in [0.15, 0.2) is 197 Å². The highest BCUT2D eigenvalue weighted by atomic mass is 32.1. The van der Waals surface area contributed by atoms with E-state index in [0.29, 0.717) is 28.2 Å². The van der Waals surface area contributed by atoms with Crippen LogP contribution in [-0.4, -0.2) is 9.13 Å². The monoisotopic (exact) mass is 910 g/mol. The normalized spacial score (nSPS) is 12.0. The van der Waals surface area contributed by atoms with Crippen molar-refractivity contribution in [3.05, 3.63) is 211 Å². The zero-order valence-electron chi connectivity index (χ0n) is 37.4. The molecular formula is C63H34N4O2S. The van der Waals surface area contributed by atoms with Crippen LogP contribution in [0.1, 0.15) is 11.1 Å². The molecule has 0 N–H and O–H groups in total. The summed E-state index contributed by atoms with van der Waals surface area (Å²) in [6, 6.07) is 67.8. The lowest BCUT2D eigenvalue weighted by molar-refractivity contribution is 0.670. The van der Waals surface area contributed by atoms with E-state index in [4.69, 9.17) is 8.83 Å². The number of hydrogen-bond donors (Lipinski definition) is 0. The van der Waals surface area contributed by atoms with Crippen molar-refractivity contribution in [1.29, 1.82) is 5.26 Å². The first kappa shape index (κ1) is 38.7. The molecule has 0 saturated carbocycles. The second kappa shape index (κ2) is 14.3. The molecule has 0 fully saturated rings. The topological polar surface area (TPSA) is 64.3 Å². The maximum atomic E-state index is 12.1. The van der Waals surface area contributed by atoms with Crippen LogP contribution in [0, 0.1) is 24.8 Å².